The highest BCUT2D eigenvalue weighted by molar-refractivity contribution is 4.84. The van der Waals surface area contributed by atoms with Crippen LogP contribution < -0.4 is 5.32 Å². The molecule has 1 N–H and O–H groups in total. The fourth-order valence-corrected chi connectivity index (χ4v) is 2.68. The lowest BCUT2D eigenvalue weighted by atomic mass is 10.0. The van der Waals surface area contributed by atoms with Crippen molar-refractivity contribution >= 4 is 0 Å². The van der Waals surface area contributed by atoms with Crippen molar-refractivity contribution in [2.75, 3.05) is 59.8 Å². The van der Waals surface area contributed by atoms with Gasteiger partial charge in [-0.15, -0.1) is 0 Å². The summed E-state index contributed by atoms with van der Waals surface area (Å²) in [4.78, 5) is 2.54. The molecule has 0 aromatic rings. The minimum atomic E-state index is 0.593. The Morgan fingerprint density at radius 3 is 2.43 bits per heavy atom. The van der Waals surface area contributed by atoms with Crippen molar-refractivity contribution in [1.82, 2.24) is 10.2 Å². The molecule has 0 radical (unpaired) electrons. The topological polar surface area (TPSA) is 43.0 Å². The van der Waals surface area contributed by atoms with Crippen LogP contribution in [0.1, 0.15) is 27.2 Å². The van der Waals surface area contributed by atoms with Gasteiger partial charge < -0.3 is 19.5 Å². The van der Waals surface area contributed by atoms with Crippen LogP contribution in [0, 0.1) is 5.92 Å². The van der Waals surface area contributed by atoms with Crippen LogP contribution in [0.15, 0.2) is 0 Å². The molecule has 5 heteroatoms. The first-order valence-corrected chi connectivity index (χ1v) is 8.25. The van der Waals surface area contributed by atoms with Gasteiger partial charge in [-0.25, -0.2) is 0 Å². The molecule has 1 fully saturated rings. The number of ether oxygens (including phenoxy) is 3. The third-order valence-corrected chi connectivity index (χ3v) is 3.86. The highest BCUT2D eigenvalue weighted by atomic mass is 16.5. The quantitative estimate of drug-likeness (QED) is 0.584. The van der Waals surface area contributed by atoms with Crippen LogP contribution in [0.25, 0.3) is 0 Å². The first-order chi connectivity index (χ1) is 10.1. The van der Waals surface area contributed by atoms with Crippen LogP contribution in [0.4, 0.5) is 0 Å². The number of hydrogen-bond acceptors (Lipinski definition) is 5. The van der Waals surface area contributed by atoms with Gasteiger partial charge in [-0.1, -0.05) is 13.8 Å². The van der Waals surface area contributed by atoms with E-state index in [0.717, 1.165) is 32.2 Å². The van der Waals surface area contributed by atoms with Gasteiger partial charge in [-0.2, -0.15) is 0 Å². The summed E-state index contributed by atoms with van der Waals surface area (Å²) in [7, 11) is 1.68. The molecule has 2 unspecified atom stereocenters. The molecule has 0 amide bonds. The molecule has 5 nitrogen and oxygen atoms in total. The zero-order valence-electron chi connectivity index (χ0n) is 14.3. The van der Waals surface area contributed by atoms with Gasteiger partial charge in [-0.3, -0.25) is 4.90 Å². The van der Waals surface area contributed by atoms with Gasteiger partial charge >= 0.3 is 0 Å². The highest BCUT2D eigenvalue weighted by Gasteiger charge is 2.24. The molecule has 2 atom stereocenters. The summed E-state index contributed by atoms with van der Waals surface area (Å²) in [5.41, 5.74) is 0. The molecule has 0 aromatic heterocycles. The summed E-state index contributed by atoms with van der Waals surface area (Å²) in [5.74, 6) is 0.748. The molecule has 0 saturated carbocycles. The van der Waals surface area contributed by atoms with E-state index >= 15 is 0 Å². The Balaban J connectivity index is 2.06. The van der Waals surface area contributed by atoms with Crippen LogP contribution in [0.3, 0.4) is 0 Å². The summed E-state index contributed by atoms with van der Waals surface area (Å²) in [6.45, 7) is 13.5. The average Bonchev–Trinajstić information content (AvgIpc) is 2.44. The second kappa shape index (κ2) is 11.4. The molecular weight excluding hydrogens is 268 g/mol. The van der Waals surface area contributed by atoms with E-state index in [0.29, 0.717) is 38.5 Å². The zero-order chi connectivity index (χ0) is 15.5. The average molecular weight is 302 g/mol. The van der Waals surface area contributed by atoms with Crippen LogP contribution in [0.2, 0.25) is 0 Å². The number of hydrogen-bond donors (Lipinski definition) is 1. The summed E-state index contributed by atoms with van der Waals surface area (Å²) < 4.78 is 15.9. The van der Waals surface area contributed by atoms with E-state index < -0.39 is 0 Å². The fraction of sp³-hybridized carbons (Fsp3) is 1.00. The summed E-state index contributed by atoms with van der Waals surface area (Å²) >= 11 is 0. The van der Waals surface area contributed by atoms with E-state index in [1.807, 2.05) is 0 Å². The van der Waals surface area contributed by atoms with Crippen molar-refractivity contribution < 1.29 is 14.2 Å². The first-order valence-electron chi connectivity index (χ1n) is 8.25. The van der Waals surface area contributed by atoms with Crippen molar-refractivity contribution in [3.8, 4) is 0 Å². The van der Waals surface area contributed by atoms with E-state index in [9.17, 15) is 0 Å². The summed E-state index contributed by atoms with van der Waals surface area (Å²) in [5, 5.41) is 3.65. The molecule has 1 saturated heterocycles. The van der Waals surface area contributed by atoms with E-state index in [2.05, 4.69) is 31.0 Å². The highest BCUT2D eigenvalue weighted by Crippen LogP contribution is 2.12. The maximum absolute atomic E-state index is 5.65. The van der Waals surface area contributed by atoms with Crippen molar-refractivity contribution in [2.24, 2.45) is 5.92 Å². The number of nitrogens with one attached hydrogen (secondary N) is 1. The molecule has 1 rings (SSSR count). The molecule has 1 aliphatic heterocycles. The fourth-order valence-electron chi connectivity index (χ4n) is 2.68. The zero-order valence-corrected chi connectivity index (χ0v) is 14.3. The van der Waals surface area contributed by atoms with Crippen molar-refractivity contribution in [3.05, 3.63) is 0 Å². The van der Waals surface area contributed by atoms with Gasteiger partial charge in [0.15, 0.2) is 0 Å². The number of nitrogens with zero attached hydrogens (tertiary/aromatic N) is 1. The van der Waals surface area contributed by atoms with Gasteiger partial charge in [0, 0.05) is 38.8 Å². The van der Waals surface area contributed by atoms with Gasteiger partial charge in [0.25, 0.3) is 0 Å². The van der Waals surface area contributed by atoms with E-state index in [4.69, 9.17) is 14.2 Å². The van der Waals surface area contributed by atoms with Gasteiger partial charge in [0.05, 0.1) is 33.0 Å². The summed E-state index contributed by atoms with van der Waals surface area (Å²) in [6.07, 6.45) is 1.25. The van der Waals surface area contributed by atoms with Crippen molar-refractivity contribution in [1.29, 1.82) is 0 Å². The monoisotopic (exact) mass is 302 g/mol. The molecule has 0 aliphatic carbocycles. The van der Waals surface area contributed by atoms with E-state index in [-0.39, 0.29) is 0 Å². The minimum absolute atomic E-state index is 0.593. The Morgan fingerprint density at radius 1 is 1.10 bits per heavy atom. The SMILES string of the molecule is COCCOCCOCCN1CC(CC(C)C)NCC1C. The Labute approximate surface area is 130 Å². The maximum atomic E-state index is 5.65. The molecule has 0 aromatic carbocycles. The first kappa shape index (κ1) is 18.8. The normalized spacial score (nSPS) is 23.9. The lowest BCUT2D eigenvalue weighted by molar-refractivity contribution is 0.0132. The smallest absolute Gasteiger partial charge is 0.0701 e. The molecule has 126 valence electrons. The lowest BCUT2D eigenvalue weighted by Gasteiger charge is -2.39. The Hall–Kier alpha value is -0.200. The Bertz CT molecular complexity index is 252. The van der Waals surface area contributed by atoms with Crippen LogP contribution >= 0.6 is 0 Å². The molecule has 1 heterocycles. The molecule has 0 bridgehead atoms. The third-order valence-electron chi connectivity index (χ3n) is 3.86. The third kappa shape index (κ3) is 8.73. The number of piperazine rings is 1. The van der Waals surface area contributed by atoms with Crippen LogP contribution in [-0.4, -0.2) is 76.8 Å². The number of methoxy groups -OCH3 is 1. The molecule has 1 aliphatic rings. The predicted molar refractivity (Wildman–Crippen MR) is 85.8 cm³/mol. The number of rotatable bonds is 11. The van der Waals surface area contributed by atoms with Gasteiger partial charge in [-0.05, 0) is 19.3 Å². The molecule has 21 heavy (non-hydrogen) atoms. The second-order valence-corrected chi connectivity index (χ2v) is 6.30. The summed E-state index contributed by atoms with van der Waals surface area (Å²) in [6, 6.07) is 1.22. The van der Waals surface area contributed by atoms with E-state index in [1.165, 1.54) is 6.42 Å². The Kier molecular flexibility index (Phi) is 10.2. The van der Waals surface area contributed by atoms with Gasteiger partial charge in [0.2, 0.25) is 0 Å². The van der Waals surface area contributed by atoms with E-state index in [1.54, 1.807) is 7.11 Å². The largest absolute Gasteiger partial charge is 0.382 e. The Morgan fingerprint density at radius 2 is 1.76 bits per heavy atom. The van der Waals surface area contributed by atoms with Crippen molar-refractivity contribution in [3.63, 3.8) is 0 Å². The van der Waals surface area contributed by atoms with Crippen LogP contribution in [0.5, 0.6) is 0 Å². The van der Waals surface area contributed by atoms with Crippen molar-refractivity contribution in [2.45, 2.75) is 39.3 Å². The van der Waals surface area contributed by atoms with Crippen LogP contribution in [-0.2, 0) is 14.2 Å². The predicted octanol–water partition coefficient (Wildman–Crippen LogP) is 1.37. The minimum Gasteiger partial charge on any atom is -0.382 e. The molecule has 0 spiro atoms. The van der Waals surface area contributed by atoms with Gasteiger partial charge in [0.1, 0.15) is 0 Å². The maximum Gasteiger partial charge on any atom is 0.0701 e. The lowest BCUT2D eigenvalue weighted by Crippen LogP contribution is -2.56. The molecular formula is C16H34N2O3. The standard InChI is InChI=1S/C16H34N2O3/c1-14(2)11-16-13-18(15(3)12-17-16)5-6-20-9-10-21-8-7-19-4/h14-17H,5-13H2,1-4H3. The second-order valence-electron chi connectivity index (χ2n) is 6.30.